The first kappa shape index (κ1) is 12.6. The van der Waals surface area contributed by atoms with Crippen LogP contribution in [0.3, 0.4) is 0 Å². The molecule has 4 nitrogen and oxygen atoms in total. The highest BCUT2D eigenvalue weighted by Gasteiger charge is 2.14. The first-order valence-electron chi connectivity index (χ1n) is 5.77. The van der Waals surface area contributed by atoms with Crippen molar-refractivity contribution in [2.75, 3.05) is 12.1 Å². The van der Waals surface area contributed by atoms with Gasteiger partial charge in [0.25, 0.3) is 5.95 Å². The molecule has 0 atom stereocenters. The van der Waals surface area contributed by atoms with Gasteiger partial charge in [-0.2, -0.15) is 9.37 Å². The van der Waals surface area contributed by atoms with Crippen molar-refractivity contribution in [1.82, 2.24) is 4.98 Å². The lowest BCUT2D eigenvalue weighted by molar-refractivity contribution is 0.174. The summed E-state index contributed by atoms with van der Waals surface area (Å²) in [4.78, 5) is 3.18. The van der Waals surface area contributed by atoms with Crippen LogP contribution in [0.4, 0.5) is 19.0 Å². The summed E-state index contributed by atoms with van der Waals surface area (Å²) in [6.45, 7) is 0.344. The van der Waals surface area contributed by atoms with E-state index in [-0.39, 0.29) is 19.2 Å². The van der Waals surface area contributed by atoms with Gasteiger partial charge in [-0.1, -0.05) is 6.07 Å². The lowest BCUT2D eigenvalue weighted by Gasteiger charge is -2.07. The highest BCUT2D eigenvalue weighted by molar-refractivity contribution is 5.46. The Bertz CT molecular complexity index is 664. The zero-order valence-corrected chi connectivity index (χ0v) is 10.1. The van der Waals surface area contributed by atoms with Crippen molar-refractivity contribution >= 4 is 5.82 Å². The largest absolute Gasteiger partial charge is 0.454 e. The molecule has 0 unspecified atom stereocenters. The highest BCUT2D eigenvalue weighted by atomic mass is 19.2. The summed E-state index contributed by atoms with van der Waals surface area (Å²) in [5.74, 6) is -2.75. The predicted molar refractivity (Wildman–Crippen MR) is 64.0 cm³/mol. The summed E-state index contributed by atoms with van der Waals surface area (Å²) < 4.78 is 49.4. The van der Waals surface area contributed by atoms with E-state index in [9.17, 15) is 13.2 Å². The molecule has 7 heteroatoms. The third-order valence-electron chi connectivity index (χ3n) is 2.78. The van der Waals surface area contributed by atoms with Gasteiger partial charge in [0, 0.05) is 12.6 Å². The number of anilines is 1. The van der Waals surface area contributed by atoms with Gasteiger partial charge in [0.1, 0.15) is 0 Å². The van der Waals surface area contributed by atoms with Gasteiger partial charge in [-0.3, -0.25) is 0 Å². The Morgan fingerprint density at radius 1 is 1.05 bits per heavy atom. The first-order chi connectivity index (χ1) is 9.63. The molecule has 0 saturated heterocycles. The molecule has 1 aromatic carbocycles. The summed E-state index contributed by atoms with van der Waals surface area (Å²) in [6.07, 6.45) is 0. The molecule has 0 fully saturated rings. The number of benzene rings is 1. The first-order valence-corrected chi connectivity index (χ1v) is 5.77. The lowest BCUT2D eigenvalue weighted by Crippen LogP contribution is -2.06. The number of pyridine rings is 1. The lowest BCUT2D eigenvalue weighted by atomic mass is 10.2. The van der Waals surface area contributed by atoms with Crippen LogP contribution in [-0.2, 0) is 6.54 Å². The molecular weight excluding hydrogens is 273 g/mol. The van der Waals surface area contributed by atoms with Gasteiger partial charge in [0.05, 0.1) is 0 Å². The molecule has 1 aliphatic rings. The highest BCUT2D eigenvalue weighted by Crippen LogP contribution is 2.32. The molecule has 2 aromatic rings. The molecule has 104 valence electrons. The van der Waals surface area contributed by atoms with E-state index in [1.807, 2.05) is 0 Å². The maximum absolute atomic E-state index is 13.4. The van der Waals surface area contributed by atoms with E-state index in [1.54, 1.807) is 18.2 Å². The van der Waals surface area contributed by atoms with Crippen LogP contribution in [-0.4, -0.2) is 11.8 Å². The van der Waals surface area contributed by atoms with Gasteiger partial charge < -0.3 is 14.8 Å². The third-order valence-corrected chi connectivity index (χ3v) is 2.78. The van der Waals surface area contributed by atoms with Crippen LogP contribution in [0.5, 0.6) is 11.5 Å². The Morgan fingerprint density at radius 2 is 1.85 bits per heavy atom. The van der Waals surface area contributed by atoms with Gasteiger partial charge in [-0.15, -0.1) is 0 Å². The van der Waals surface area contributed by atoms with E-state index >= 15 is 0 Å². The number of ether oxygens (including phenoxy) is 2. The predicted octanol–water partition coefficient (Wildman–Crippen LogP) is 2.84. The Morgan fingerprint density at radius 3 is 2.70 bits per heavy atom. The van der Waals surface area contributed by atoms with E-state index in [0.717, 1.165) is 5.56 Å². The minimum atomic E-state index is -1.35. The van der Waals surface area contributed by atoms with Crippen LogP contribution < -0.4 is 14.8 Å². The molecule has 0 amide bonds. The molecule has 20 heavy (non-hydrogen) atoms. The smallest absolute Gasteiger partial charge is 0.251 e. The van der Waals surface area contributed by atoms with E-state index in [0.29, 0.717) is 17.6 Å². The zero-order valence-electron chi connectivity index (χ0n) is 10.1. The van der Waals surface area contributed by atoms with Crippen LogP contribution in [0.15, 0.2) is 24.3 Å². The van der Waals surface area contributed by atoms with Crippen molar-refractivity contribution in [2.24, 2.45) is 0 Å². The van der Waals surface area contributed by atoms with Crippen LogP contribution in [0.25, 0.3) is 0 Å². The monoisotopic (exact) mass is 282 g/mol. The maximum Gasteiger partial charge on any atom is 0.251 e. The SMILES string of the molecule is Fc1cc(F)c(NCc2ccc3c(c2)OCO3)nc1F. The topological polar surface area (TPSA) is 43.4 Å². The molecular formula is C13H9F3N2O2. The average Bonchev–Trinajstić information content (AvgIpc) is 2.89. The van der Waals surface area contributed by atoms with Crippen molar-refractivity contribution in [1.29, 1.82) is 0 Å². The second kappa shape index (κ2) is 4.92. The van der Waals surface area contributed by atoms with Gasteiger partial charge in [0.2, 0.25) is 6.79 Å². The van der Waals surface area contributed by atoms with Gasteiger partial charge in [0.15, 0.2) is 29.0 Å². The third kappa shape index (κ3) is 2.34. The number of nitrogens with one attached hydrogen (secondary N) is 1. The molecule has 0 bridgehead atoms. The average molecular weight is 282 g/mol. The molecule has 3 rings (SSSR count). The van der Waals surface area contributed by atoms with Crippen LogP contribution in [0.1, 0.15) is 5.56 Å². The Balaban J connectivity index is 1.75. The summed E-state index contributed by atoms with van der Waals surface area (Å²) in [6, 6.07) is 5.63. The molecule has 0 saturated carbocycles. The quantitative estimate of drug-likeness (QED) is 0.879. The second-order valence-corrected chi connectivity index (χ2v) is 4.13. The Labute approximate surface area is 112 Å². The minimum Gasteiger partial charge on any atom is -0.454 e. The Hall–Kier alpha value is -2.44. The van der Waals surface area contributed by atoms with Gasteiger partial charge in [-0.25, -0.2) is 8.78 Å². The summed E-state index contributed by atoms with van der Waals surface area (Å²) >= 11 is 0. The van der Waals surface area contributed by atoms with E-state index in [1.165, 1.54) is 0 Å². The fourth-order valence-electron chi connectivity index (χ4n) is 1.80. The summed E-state index contributed by atoms with van der Waals surface area (Å²) in [5, 5.41) is 2.60. The molecule has 0 spiro atoms. The van der Waals surface area contributed by atoms with E-state index in [4.69, 9.17) is 9.47 Å². The van der Waals surface area contributed by atoms with Crippen molar-refractivity contribution in [2.45, 2.75) is 6.54 Å². The van der Waals surface area contributed by atoms with E-state index in [2.05, 4.69) is 10.3 Å². The maximum atomic E-state index is 13.4. The summed E-state index contributed by atoms with van der Waals surface area (Å²) in [5.41, 5.74) is 0.764. The number of rotatable bonds is 3. The van der Waals surface area contributed by atoms with E-state index < -0.39 is 17.6 Å². The normalized spacial score (nSPS) is 12.6. The zero-order chi connectivity index (χ0) is 14.1. The standard InChI is InChI=1S/C13H9F3N2O2/c14-8-4-9(15)13(18-12(8)16)17-5-7-1-2-10-11(3-7)20-6-19-10/h1-4H,5-6H2,(H,17,18). The number of fused-ring (bicyclic) bond motifs is 1. The second-order valence-electron chi connectivity index (χ2n) is 4.13. The summed E-state index contributed by atoms with van der Waals surface area (Å²) in [7, 11) is 0. The molecule has 1 N–H and O–H groups in total. The minimum absolute atomic E-state index is 0.158. The molecule has 1 aromatic heterocycles. The number of aromatic nitrogens is 1. The molecule has 0 radical (unpaired) electrons. The van der Waals surface area contributed by atoms with Gasteiger partial charge in [-0.05, 0) is 17.7 Å². The van der Waals surface area contributed by atoms with Crippen molar-refractivity contribution in [3.05, 3.63) is 47.4 Å². The number of hydrogen-bond acceptors (Lipinski definition) is 4. The number of halogens is 3. The number of nitrogens with zero attached hydrogens (tertiary/aromatic N) is 1. The van der Waals surface area contributed by atoms with Crippen LogP contribution in [0.2, 0.25) is 0 Å². The van der Waals surface area contributed by atoms with Crippen LogP contribution >= 0.6 is 0 Å². The Kier molecular flexibility index (Phi) is 3.09. The van der Waals surface area contributed by atoms with Gasteiger partial charge >= 0.3 is 0 Å². The number of hydrogen-bond donors (Lipinski definition) is 1. The van der Waals surface area contributed by atoms with Crippen LogP contribution in [0, 0.1) is 17.6 Å². The fourth-order valence-corrected chi connectivity index (χ4v) is 1.80. The molecule has 1 aliphatic heterocycles. The van der Waals surface area contributed by atoms with Crippen molar-refractivity contribution in [3.63, 3.8) is 0 Å². The van der Waals surface area contributed by atoms with Crippen molar-refractivity contribution in [3.8, 4) is 11.5 Å². The molecule has 2 heterocycles. The molecule has 0 aliphatic carbocycles. The fraction of sp³-hybridized carbons (Fsp3) is 0.154. The van der Waals surface area contributed by atoms with Crippen molar-refractivity contribution < 1.29 is 22.6 Å².